The Balaban J connectivity index is 1.48. The molecule has 1 saturated heterocycles. The van der Waals surface area contributed by atoms with Gasteiger partial charge in [-0.15, -0.1) is 0 Å². The minimum atomic E-state index is -1.51. The Hall–Kier alpha value is -2.98. The van der Waals surface area contributed by atoms with E-state index in [0.29, 0.717) is 34.2 Å². The van der Waals surface area contributed by atoms with Crippen molar-refractivity contribution in [2.24, 2.45) is 5.10 Å². The molecule has 200 valence electrons. The first kappa shape index (κ1) is 28.0. The number of aliphatic hydroxyl groups is 3. The minimum Gasteiger partial charge on any atom is -0.494 e. The molecule has 1 fully saturated rings. The van der Waals surface area contributed by atoms with Crippen molar-refractivity contribution in [2.45, 2.75) is 43.9 Å². The van der Waals surface area contributed by atoms with Crippen LogP contribution in [0, 0.1) is 0 Å². The second-order valence-electron chi connectivity index (χ2n) is 8.82. The van der Waals surface area contributed by atoms with Crippen LogP contribution >= 0.6 is 23.2 Å². The smallest absolute Gasteiger partial charge is 0.271 e. The van der Waals surface area contributed by atoms with Gasteiger partial charge in [0.1, 0.15) is 36.3 Å². The Morgan fingerprint density at radius 1 is 1.00 bits per heavy atom. The van der Waals surface area contributed by atoms with Crippen LogP contribution in [0.2, 0.25) is 10.0 Å². The summed E-state index contributed by atoms with van der Waals surface area (Å²) in [5, 5.41) is 36.6. The highest BCUT2D eigenvalue weighted by atomic mass is 35.5. The van der Waals surface area contributed by atoms with Gasteiger partial charge in [0, 0.05) is 15.6 Å². The summed E-state index contributed by atoms with van der Waals surface area (Å²) in [6.07, 6.45) is -4.76. The second-order valence-corrected chi connectivity index (χ2v) is 9.67. The van der Waals surface area contributed by atoms with E-state index >= 15 is 0 Å². The Bertz CT molecular complexity index is 1270. The van der Waals surface area contributed by atoms with Crippen LogP contribution in [0.5, 0.6) is 5.75 Å². The highest BCUT2D eigenvalue weighted by Gasteiger charge is 2.43. The molecule has 3 aromatic carbocycles. The van der Waals surface area contributed by atoms with E-state index in [-0.39, 0.29) is 0 Å². The molecule has 0 bridgehead atoms. The lowest BCUT2D eigenvalue weighted by Crippen LogP contribution is -2.54. The van der Waals surface area contributed by atoms with Crippen LogP contribution in [-0.2, 0) is 11.2 Å². The van der Waals surface area contributed by atoms with Gasteiger partial charge in [0.15, 0.2) is 0 Å². The summed E-state index contributed by atoms with van der Waals surface area (Å²) in [7, 11) is 0. The maximum atomic E-state index is 12.3. The summed E-state index contributed by atoms with van der Waals surface area (Å²) in [6, 6.07) is 19.1. The van der Waals surface area contributed by atoms with Crippen LogP contribution in [-0.4, -0.2) is 58.5 Å². The van der Waals surface area contributed by atoms with Gasteiger partial charge in [0.25, 0.3) is 5.91 Å². The summed E-state index contributed by atoms with van der Waals surface area (Å²) in [5.74, 6) is 0.288. The lowest BCUT2D eigenvalue weighted by atomic mass is 9.90. The minimum absolute atomic E-state index is 0.339. The highest BCUT2D eigenvalue weighted by Crippen LogP contribution is 2.34. The van der Waals surface area contributed by atoms with Crippen molar-refractivity contribution in [3.63, 3.8) is 0 Å². The topological polar surface area (TPSA) is 121 Å². The Labute approximate surface area is 230 Å². The highest BCUT2D eigenvalue weighted by molar-refractivity contribution is 6.31. The average Bonchev–Trinajstić information content (AvgIpc) is 2.91. The van der Waals surface area contributed by atoms with Crippen molar-refractivity contribution >= 4 is 35.3 Å². The number of amides is 1. The Kier molecular flexibility index (Phi) is 9.38. The fourth-order valence-electron chi connectivity index (χ4n) is 4.14. The normalized spacial score (nSPS) is 23.4. The summed E-state index contributed by atoms with van der Waals surface area (Å²) >= 11 is 12.3. The third-order valence-electron chi connectivity index (χ3n) is 6.17. The van der Waals surface area contributed by atoms with E-state index in [0.717, 1.165) is 16.9 Å². The molecule has 4 N–H and O–H groups in total. The maximum Gasteiger partial charge on any atom is 0.271 e. The van der Waals surface area contributed by atoms with Crippen LogP contribution in [0.4, 0.5) is 0 Å². The molecule has 5 atom stereocenters. The molecule has 3 aromatic rings. The van der Waals surface area contributed by atoms with Crippen molar-refractivity contribution < 1.29 is 29.6 Å². The maximum absolute atomic E-state index is 12.3. The molecule has 1 heterocycles. The number of hydrazone groups is 1. The first-order valence-electron chi connectivity index (χ1n) is 12.1. The number of carbonyl (C=O) groups is 1. The number of carbonyl (C=O) groups excluding carboxylic acids is 1. The van der Waals surface area contributed by atoms with Crippen molar-refractivity contribution in [3.05, 3.63) is 99.0 Å². The number of nitrogens with one attached hydrogen (secondary N) is 1. The van der Waals surface area contributed by atoms with Crippen LogP contribution in [0.1, 0.15) is 40.1 Å². The number of rotatable bonds is 8. The molecule has 4 rings (SSSR count). The summed E-state index contributed by atoms with van der Waals surface area (Å²) in [6.45, 7) is 2.50. The van der Waals surface area contributed by atoms with Crippen LogP contribution in [0.25, 0.3) is 0 Å². The molecule has 38 heavy (non-hydrogen) atoms. The number of halogens is 2. The molecular formula is C28H28Cl2N2O6. The first-order chi connectivity index (χ1) is 18.3. The first-order valence-corrected chi connectivity index (χ1v) is 12.8. The molecule has 0 radical (unpaired) electrons. The third kappa shape index (κ3) is 6.71. The van der Waals surface area contributed by atoms with Crippen molar-refractivity contribution in [2.75, 3.05) is 6.61 Å². The lowest BCUT2D eigenvalue weighted by Gasteiger charge is -2.39. The van der Waals surface area contributed by atoms with E-state index in [1.165, 1.54) is 6.21 Å². The van der Waals surface area contributed by atoms with Crippen LogP contribution in [0.15, 0.2) is 71.8 Å². The molecule has 0 aromatic heterocycles. The van der Waals surface area contributed by atoms with Crippen molar-refractivity contribution in [3.8, 4) is 5.75 Å². The van der Waals surface area contributed by atoms with Crippen LogP contribution in [0.3, 0.4) is 0 Å². The Morgan fingerprint density at radius 3 is 2.39 bits per heavy atom. The number of benzene rings is 3. The van der Waals surface area contributed by atoms with E-state index < -0.39 is 36.4 Å². The predicted octanol–water partition coefficient (Wildman–Crippen LogP) is 3.92. The lowest BCUT2D eigenvalue weighted by molar-refractivity contribution is -0.205. The third-order valence-corrected chi connectivity index (χ3v) is 6.79. The van der Waals surface area contributed by atoms with Gasteiger partial charge in [-0.3, -0.25) is 4.79 Å². The molecule has 1 aliphatic rings. The number of nitrogens with zero attached hydrogens (tertiary/aromatic N) is 1. The number of hydrogen-bond donors (Lipinski definition) is 4. The largest absolute Gasteiger partial charge is 0.494 e. The molecule has 8 nitrogen and oxygen atoms in total. The van der Waals surface area contributed by atoms with Gasteiger partial charge in [0.2, 0.25) is 0 Å². The quantitative estimate of drug-likeness (QED) is 0.245. The molecule has 10 heteroatoms. The van der Waals surface area contributed by atoms with Gasteiger partial charge in [-0.2, -0.15) is 5.10 Å². The number of ether oxygens (including phenoxy) is 2. The summed E-state index contributed by atoms with van der Waals surface area (Å²) < 4.78 is 11.4. The predicted molar refractivity (Wildman–Crippen MR) is 145 cm³/mol. The van der Waals surface area contributed by atoms with E-state index in [9.17, 15) is 20.1 Å². The zero-order valence-corrected chi connectivity index (χ0v) is 22.0. The fourth-order valence-corrected chi connectivity index (χ4v) is 4.45. The van der Waals surface area contributed by atoms with Gasteiger partial charge >= 0.3 is 0 Å². The van der Waals surface area contributed by atoms with Gasteiger partial charge < -0.3 is 24.8 Å². The van der Waals surface area contributed by atoms with Crippen molar-refractivity contribution in [1.29, 1.82) is 0 Å². The Morgan fingerprint density at radius 2 is 1.71 bits per heavy atom. The molecule has 0 unspecified atom stereocenters. The van der Waals surface area contributed by atoms with Gasteiger partial charge in [-0.05, 0) is 72.5 Å². The van der Waals surface area contributed by atoms with Gasteiger partial charge in [-0.1, -0.05) is 47.5 Å². The van der Waals surface area contributed by atoms with Crippen LogP contribution < -0.4 is 10.2 Å². The standard InChI is InChI=1S/C28H28Cl2N2O6/c1-2-37-21-10-3-16(4-11-21)13-19-14-18(7-12-22(19)30)27-26(35)25(34)24(33)23(38-27)15-31-32-28(36)17-5-8-20(29)9-6-17/h3-12,14-15,23-27,33-35H,2,13H2,1H3,(H,32,36)/b31-15+/t23-,24-,25+,26-,27+/m1/s1. The van der Waals surface area contributed by atoms with Crippen molar-refractivity contribution in [1.82, 2.24) is 5.43 Å². The molecule has 1 aliphatic heterocycles. The average molecular weight is 559 g/mol. The molecule has 0 aliphatic carbocycles. The molecule has 0 saturated carbocycles. The molecule has 0 spiro atoms. The van der Waals surface area contributed by atoms with E-state index in [1.807, 2.05) is 31.2 Å². The van der Waals surface area contributed by atoms with Gasteiger partial charge in [-0.25, -0.2) is 5.43 Å². The van der Waals surface area contributed by atoms with E-state index in [1.54, 1.807) is 42.5 Å². The second kappa shape index (κ2) is 12.7. The molecular weight excluding hydrogens is 531 g/mol. The van der Waals surface area contributed by atoms with Gasteiger partial charge in [0.05, 0.1) is 12.8 Å². The number of aliphatic hydroxyl groups excluding tert-OH is 3. The van der Waals surface area contributed by atoms with E-state index in [4.69, 9.17) is 32.7 Å². The SMILES string of the molecule is CCOc1ccc(Cc2cc([C@@H]3O[C@H](/C=N/NC(=O)c4ccc(Cl)cc4)[C@@H](O)[C@H](O)[C@H]3O)ccc2Cl)cc1. The summed E-state index contributed by atoms with van der Waals surface area (Å²) in [5.41, 5.74) is 5.06. The zero-order chi connectivity index (χ0) is 27.2. The van der Waals surface area contributed by atoms with E-state index in [2.05, 4.69) is 10.5 Å². The fraction of sp³-hybridized carbons (Fsp3) is 0.286. The molecule has 1 amide bonds. The summed E-state index contributed by atoms with van der Waals surface area (Å²) in [4.78, 5) is 12.3. The zero-order valence-electron chi connectivity index (χ0n) is 20.5. The monoisotopic (exact) mass is 558 g/mol. The number of hydrogen-bond acceptors (Lipinski definition) is 7.